The fraction of sp³-hybridized carbons (Fsp3) is 0.875. The van der Waals surface area contributed by atoms with Gasteiger partial charge in [0.15, 0.2) is 6.10 Å². The van der Waals surface area contributed by atoms with E-state index in [2.05, 4.69) is 5.32 Å². The zero-order valence-electron chi connectivity index (χ0n) is 8.11. The number of carbonyl (C=O) groups excluding carboxylic acids is 1. The minimum absolute atomic E-state index is 0.101. The van der Waals surface area contributed by atoms with Gasteiger partial charge in [-0.2, -0.15) is 0 Å². The van der Waals surface area contributed by atoms with Crippen molar-refractivity contribution in [2.24, 2.45) is 5.92 Å². The Hall–Kier alpha value is 0.300. The van der Waals surface area contributed by atoms with Gasteiger partial charge in [-0.1, -0.05) is 48.7 Å². The van der Waals surface area contributed by atoms with Gasteiger partial charge in [0.2, 0.25) is 3.79 Å². The first-order chi connectivity index (χ1) is 6.17. The van der Waals surface area contributed by atoms with Crippen molar-refractivity contribution in [2.45, 2.75) is 36.4 Å². The van der Waals surface area contributed by atoms with Crippen LogP contribution in [0.1, 0.15) is 20.8 Å². The maximum atomic E-state index is 11.5. The van der Waals surface area contributed by atoms with Gasteiger partial charge in [0.05, 0.1) is 0 Å². The summed E-state index contributed by atoms with van der Waals surface area (Å²) in [6.45, 7) is 5.59. The van der Waals surface area contributed by atoms with Crippen molar-refractivity contribution in [1.82, 2.24) is 5.32 Å². The van der Waals surface area contributed by atoms with Crippen LogP contribution in [0.4, 0.5) is 0 Å². The van der Waals surface area contributed by atoms with Crippen LogP contribution in [0, 0.1) is 5.92 Å². The third kappa shape index (κ3) is 2.27. The number of hydrogen-bond donors (Lipinski definition) is 1. The summed E-state index contributed by atoms with van der Waals surface area (Å²) >= 11 is 16.8. The van der Waals surface area contributed by atoms with Crippen molar-refractivity contribution in [3.63, 3.8) is 0 Å². The van der Waals surface area contributed by atoms with Gasteiger partial charge in [-0.05, 0) is 6.92 Å². The van der Waals surface area contributed by atoms with Crippen LogP contribution in [0.2, 0.25) is 0 Å². The van der Waals surface area contributed by atoms with Gasteiger partial charge in [-0.25, -0.2) is 0 Å². The van der Waals surface area contributed by atoms with E-state index >= 15 is 0 Å². The zero-order chi connectivity index (χ0) is 11.1. The first-order valence-corrected chi connectivity index (χ1v) is 5.37. The standard InChI is InChI=1S/C8H12Cl3NO2/c1-4(2)7(3)12-6(13)5(14-7)8(9,10)11/h4-5H,1-3H3,(H,12,13). The summed E-state index contributed by atoms with van der Waals surface area (Å²) in [6, 6.07) is 0. The highest BCUT2D eigenvalue weighted by Crippen LogP contribution is 2.39. The summed E-state index contributed by atoms with van der Waals surface area (Å²) in [7, 11) is 0. The number of rotatable bonds is 1. The second kappa shape index (κ2) is 3.71. The van der Waals surface area contributed by atoms with Crippen molar-refractivity contribution in [3.8, 4) is 0 Å². The van der Waals surface area contributed by atoms with E-state index in [9.17, 15) is 4.79 Å². The van der Waals surface area contributed by atoms with E-state index in [-0.39, 0.29) is 11.8 Å². The Bertz CT molecular complexity index is 251. The van der Waals surface area contributed by atoms with E-state index in [0.717, 1.165) is 0 Å². The maximum Gasteiger partial charge on any atom is 0.255 e. The highest BCUT2D eigenvalue weighted by atomic mass is 35.6. The molecule has 0 aromatic heterocycles. The van der Waals surface area contributed by atoms with Crippen molar-refractivity contribution >= 4 is 40.7 Å². The number of alkyl halides is 3. The first-order valence-electron chi connectivity index (χ1n) is 4.23. The molecule has 1 heterocycles. The molecule has 0 aromatic rings. The molecule has 6 heteroatoms. The Balaban J connectivity index is 2.84. The third-order valence-corrected chi connectivity index (χ3v) is 2.97. The summed E-state index contributed by atoms with van der Waals surface area (Å²) in [5, 5.41) is 2.67. The van der Waals surface area contributed by atoms with Crippen molar-refractivity contribution < 1.29 is 9.53 Å². The molecule has 82 valence electrons. The molecule has 1 amide bonds. The summed E-state index contributed by atoms with van der Waals surface area (Å²) < 4.78 is 3.71. The second-order valence-electron chi connectivity index (χ2n) is 3.79. The van der Waals surface area contributed by atoms with Crippen LogP contribution < -0.4 is 5.32 Å². The molecule has 3 nitrogen and oxygen atoms in total. The van der Waals surface area contributed by atoms with Crippen LogP contribution >= 0.6 is 34.8 Å². The molecule has 1 N–H and O–H groups in total. The highest BCUT2D eigenvalue weighted by Gasteiger charge is 2.52. The van der Waals surface area contributed by atoms with Gasteiger partial charge in [0.25, 0.3) is 5.91 Å². The lowest BCUT2D eigenvalue weighted by Crippen LogP contribution is -2.44. The fourth-order valence-corrected chi connectivity index (χ4v) is 1.56. The molecular formula is C8H12Cl3NO2. The lowest BCUT2D eigenvalue weighted by Gasteiger charge is -2.28. The largest absolute Gasteiger partial charge is 0.338 e. The number of amides is 1. The van der Waals surface area contributed by atoms with Gasteiger partial charge >= 0.3 is 0 Å². The minimum Gasteiger partial charge on any atom is -0.338 e. The molecule has 1 fully saturated rings. The first kappa shape index (κ1) is 12.4. The summed E-state index contributed by atoms with van der Waals surface area (Å²) in [5.74, 6) is -0.287. The van der Waals surface area contributed by atoms with Crippen LogP contribution in [-0.4, -0.2) is 21.5 Å². The Morgan fingerprint density at radius 2 is 2.00 bits per heavy atom. The predicted octanol–water partition coefficient (Wildman–Crippen LogP) is 2.24. The van der Waals surface area contributed by atoms with Crippen molar-refractivity contribution in [1.29, 1.82) is 0 Å². The van der Waals surface area contributed by atoms with Gasteiger partial charge in [-0.3, -0.25) is 4.79 Å². The Morgan fingerprint density at radius 1 is 1.50 bits per heavy atom. The van der Waals surface area contributed by atoms with Gasteiger partial charge < -0.3 is 10.1 Å². The summed E-state index contributed by atoms with van der Waals surface area (Å²) in [4.78, 5) is 11.5. The molecule has 2 atom stereocenters. The number of ether oxygens (including phenoxy) is 1. The van der Waals surface area contributed by atoms with Crippen LogP contribution in [0.5, 0.6) is 0 Å². The van der Waals surface area contributed by atoms with E-state index < -0.39 is 15.6 Å². The lowest BCUT2D eigenvalue weighted by molar-refractivity contribution is -0.124. The Kier molecular flexibility index (Phi) is 3.27. The second-order valence-corrected chi connectivity index (χ2v) is 6.16. The molecule has 0 aliphatic carbocycles. The maximum absolute atomic E-state index is 11.5. The summed E-state index contributed by atoms with van der Waals surface area (Å²) in [6.07, 6.45) is -1.04. The molecular weight excluding hydrogens is 248 g/mol. The number of halogens is 3. The molecule has 1 saturated heterocycles. The van der Waals surface area contributed by atoms with Crippen LogP contribution in [-0.2, 0) is 9.53 Å². The van der Waals surface area contributed by atoms with E-state index in [1.807, 2.05) is 13.8 Å². The minimum atomic E-state index is -1.73. The SMILES string of the molecule is CC(C)C1(C)NC(=O)C(C(Cl)(Cl)Cl)O1. The topological polar surface area (TPSA) is 38.3 Å². The number of hydrogen-bond acceptors (Lipinski definition) is 2. The predicted molar refractivity (Wildman–Crippen MR) is 56.5 cm³/mol. The van der Waals surface area contributed by atoms with Gasteiger partial charge in [0.1, 0.15) is 5.72 Å². The van der Waals surface area contributed by atoms with Crippen LogP contribution in [0.15, 0.2) is 0 Å². The quantitative estimate of drug-likeness (QED) is 0.734. The molecule has 2 unspecified atom stereocenters. The van der Waals surface area contributed by atoms with Crippen LogP contribution in [0.25, 0.3) is 0 Å². The monoisotopic (exact) mass is 259 g/mol. The molecule has 14 heavy (non-hydrogen) atoms. The van der Waals surface area contributed by atoms with E-state index in [1.54, 1.807) is 6.92 Å². The normalized spacial score (nSPS) is 33.6. The van der Waals surface area contributed by atoms with Crippen LogP contribution in [0.3, 0.4) is 0 Å². The average molecular weight is 261 g/mol. The van der Waals surface area contributed by atoms with Crippen molar-refractivity contribution in [3.05, 3.63) is 0 Å². The zero-order valence-corrected chi connectivity index (χ0v) is 10.4. The molecule has 1 aliphatic heterocycles. The average Bonchev–Trinajstić information content (AvgIpc) is 2.26. The third-order valence-electron chi connectivity index (χ3n) is 2.37. The Morgan fingerprint density at radius 3 is 2.21 bits per heavy atom. The van der Waals surface area contributed by atoms with E-state index in [0.29, 0.717) is 0 Å². The van der Waals surface area contributed by atoms with E-state index in [1.165, 1.54) is 0 Å². The molecule has 1 rings (SSSR count). The lowest BCUT2D eigenvalue weighted by atomic mass is 10.0. The highest BCUT2D eigenvalue weighted by molar-refractivity contribution is 6.68. The Labute approximate surface area is 98.0 Å². The molecule has 0 saturated carbocycles. The smallest absolute Gasteiger partial charge is 0.255 e. The molecule has 0 radical (unpaired) electrons. The molecule has 1 aliphatic rings. The molecule has 0 aromatic carbocycles. The van der Waals surface area contributed by atoms with E-state index in [4.69, 9.17) is 39.5 Å². The fourth-order valence-electron chi connectivity index (χ4n) is 1.13. The van der Waals surface area contributed by atoms with Crippen molar-refractivity contribution in [2.75, 3.05) is 0 Å². The molecule has 0 bridgehead atoms. The number of carbonyl (C=O) groups is 1. The molecule has 0 spiro atoms. The summed E-state index contributed by atoms with van der Waals surface area (Å²) in [5.41, 5.74) is -0.758. The van der Waals surface area contributed by atoms with Gasteiger partial charge in [-0.15, -0.1) is 0 Å². The van der Waals surface area contributed by atoms with Gasteiger partial charge in [0, 0.05) is 5.92 Å². The number of nitrogens with one attached hydrogen (secondary N) is 1.